The molecular weight excluding hydrogens is 286 g/mol. The van der Waals surface area contributed by atoms with Crippen LogP contribution in [0.4, 0.5) is 5.69 Å². The molecule has 0 aliphatic rings. The van der Waals surface area contributed by atoms with Crippen molar-refractivity contribution in [3.8, 4) is 0 Å². The Balaban J connectivity index is 2.11. The van der Waals surface area contributed by atoms with Crippen LogP contribution in [0, 0.1) is 0 Å². The molecule has 110 valence electrons. The summed E-state index contributed by atoms with van der Waals surface area (Å²) in [6.07, 6.45) is 0.945. The fourth-order valence-electron chi connectivity index (χ4n) is 2.14. The molecule has 0 amide bonds. The molecule has 0 spiro atoms. The lowest BCUT2D eigenvalue weighted by Gasteiger charge is -2.19. The fourth-order valence-corrected chi connectivity index (χ4v) is 2.26. The van der Waals surface area contributed by atoms with Crippen LogP contribution < -0.4 is 5.32 Å². The highest BCUT2D eigenvalue weighted by Crippen LogP contribution is 2.24. The van der Waals surface area contributed by atoms with Crippen LogP contribution in [0.25, 0.3) is 0 Å². The van der Waals surface area contributed by atoms with Crippen molar-refractivity contribution < 1.29 is 9.53 Å². The van der Waals surface area contributed by atoms with Gasteiger partial charge in [-0.05, 0) is 48.4 Å². The van der Waals surface area contributed by atoms with Gasteiger partial charge in [-0.15, -0.1) is 0 Å². The molecule has 0 bridgehead atoms. The summed E-state index contributed by atoms with van der Waals surface area (Å²) in [7, 11) is 1.38. The monoisotopic (exact) mass is 303 g/mol. The van der Waals surface area contributed by atoms with Crippen molar-refractivity contribution >= 4 is 23.3 Å². The van der Waals surface area contributed by atoms with E-state index in [1.807, 2.05) is 36.4 Å². The van der Waals surface area contributed by atoms with E-state index in [1.54, 1.807) is 12.1 Å². The molecule has 21 heavy (non-hydrogen) atoms. The van der Waals surface area contributed by atoms with Crippen molar-refractivity contribution in [1.82, 2.24) is 0 Å². The summed E-state index contributed by atoms with van der Waals surface area (Å²) in [5.41, 5.74) is 2.69. The Bertz CT molecular complexity index is 593. The average molecular weight is 304 g/mol. The second-order valence-electron chi connectivity index (χ2n) is 4.73. The number of nitrogens with one attached hydrogen (secondary N) is 1. The summed E-state index contributed by atoms with van der Waals surface area (Å²) in [4.78, 5) is 11.4. The molecule has 0 fully saturated rings. The zero-order valence-corrected chi connectivity index (χ0v) is 12.9. The van der Waals surface area contributed by atoms with Gasteiger partial charge in [-0.3, -0.25) is 0 Å². The second kappa shape index (κ2) is 7.14. The number of methoxy groups -OCH3 is 1. The topological polar surface area (TPSA) is 38.3 Å². The van der Waals surface area contributed by atoms with E-state index in [-0.39, 0.29) is 12.0 Å². The molecule has 4 heteroatoms. The average Bonchev–Trinajstić information content (AvgIpc) is 2.53. The molecule has 0 aliphatic carbocycles. The quantitative estimate of drug-likeness (QED) is 0.814. The molecule has 2 aromatic carbocycles. The number of esters is 1. The van der Waals surface area contributed by atoms with Gasteiger partial charge in [0.2, 0.25) is 0 Å². The Morgan fingerprint density at radius 2 is 1.76 bits per heavy atom. The van der Waals surface area contributed by atoms with Crippen molar-refractivity contribution in [2.45, 2.75) is 19.4 Å². The van der Waals surface area contributed by atoms with Crippen LogP contribution in [0.15, 0.2) is 48.5 Å². The third-order valence-corrected chi connectivity index (χ3v) is 3.58. The summed E-state index contributed by atoms with van der Waals surface area (Å²) in [6.45, 7) is 2.12. The SMILES string of the molecule is CCC(Nc1ccc(C(=O)OC)cc1)c1ccc(Cl)cc1. The summed E-state index contributed by atoms with van der Waals surface area (Å²) < 4.78 is 4.69. The number of carbonyl (C=O) groups excluding carboxylic acids is 1. The van der Waals surface area contributed by atoms with Gasteiger partial charge in [-0.2, -0.15) is 0 Å². The van der Waals surface area contributed by atoms with Crippen molar-refractivity contribution in [1.29, 1.82) is 0 Å². The largest absolute Gasteiger partial charge is 0.465 e. The van der Waals surface area contributed by atoms with Gasteiger partial charge in [-0.25, -0.2) is 4.79 Å². The van der Waals surface area contributed by atoms with Gasteiger partial charge in [0, 0.05) is 10.7 Å². The Labute approximate surface area is 129 Å². The molecular formula is C17H18ClNO2. The molecule has 2 rings (SSSR count). The molecule has 1 unspecified atom stereocenters. The first-order valence-corrected chi connectivity index (χ1v) is 7.22. The fraction of sp³-hybridized carbons (Fsp3) is 0.235. The Hall–Kier alpha value is -2.00. The summed E-state index contributed by atoms with van der Waals surface area (Å²) in [5, 5.41) is 4.19. The highest BCUT2D eigenvalue weighted by molar-refractivity contribution is 6.30. The van der Waals surface area contributed by atoms with Gasteiger partial charge in [0.05, 0.1) is 18.7 Å². The van der Waals surface area contributed by atoms with Crippen LogP contribution >= 0.6 is 11.6 Å². The number of anilines is 1. The lowest BCUT2D eigenvalue weighted by atomic mass is 10.0. The molecule has 0 saturated heterocycles. The van der Waals surface area contributed by atoms with E-state index in [2.05, 4.69) is 17.0 Å². The number of halogens is 1. The van der Waals surface area contributed by atoms with Crippen molar-refractivity contribution in [2.75, 3.05) is 12.4 Å². The molecule has 0 heterocycles. The molecule has 0 aliphatic heterocycles. The van der Waals surface area contributed by atoms with Gasteiger partial charge in [-0.1, -0.05) is 30.7 Å². The van der Waals surface area contributed by atoms with Crippen molar-refractivity contribution in [3.63, 3.8) is 0 Å². The third kappa shape index (κ3) is 3.99. The number of ether oxygens (including phenoxy) is 1. The summed E-state index contributed by atoms with van der Waals surface area (Å²) >= 11 is 5.92. The van der Waals surface area contributed by atoms with E-state index in [4.69, 9.17) is 11.6 Å². The third-order valence-electron chi connectivity index (χ3n) is 3.33. The van der Waals surface area contributed by atoms with E-state index in [9.17, 15) is 4.79 Å². The number of hydrogen-bond acceptors (Lipinski definition) is 3. The molecule has 1 atom stereocenters. The zero-order chi connectivity index (χ0) is 15.2. The molecule has 2 aromatic rings. The lowest BCUT2D eigenvalue weighted by Crippen LogP contribution is -2.10. The molecule has 3 nitrogen and oxygen atoms in total. The number of carbonyl (C=O) groups is 1. The minimum absolute atomic E-state index is 0.200. The standard InChI is InChI=1S/C17H18ClNO2/c1-3-16(12-4-8-14(18)9-5-12)19-15-10-6-13(7-11-15)17(20)21-2/h4-11,16,19H,3H2,1-2H3. The molecule has 0 radical (unpaired) electrons. The first-order valence-electron chi connectivity index (χ1n) is 6.84. The maximum absolute atomic E-state index is 11.4. The summed E-state index contributed by atoms with van der Waals surface area (Å²) in [5.74, 6) is -0.328. The smallest absolute Gasteiger partial charge is 0.337 e. The minimum atomic E-state index is -0.328. The Morgan fingerprint density at radius 1 is 1.14 bits per heavy atom. The highest BCUT2D eigenvalue weighted by atomic mass is 35.5. The van der Waals surface area contributed by atoms with Gasteiger partial charge in [0.15, 0.2) is 0 Å². The van der Waals surface area contributed by atoms with Crippen LogP contribution in [-0.4, -0.2) is 13.1 Å². The number of rotatable bonds is 5. The van der Waals surface area contributed by atoms with E-state index in [1.165, 1.54) is 12.7 Å². The van der Waals surface area contributed by atoms with Crippen LogP contribution in [-0.2, 0) is 4.74 Å². The maximum atomic E-state index is 11.4. The maximum Gasteiger partial charge on any atom is 0.337 e. The molecule has 0 saturated carbocycles. The number of benzene rings is 2. The Morgan fingerprint density at radius 3 is 2.29 bits per heavy atom. The van der Waals surface area contributed by atoms with Crippen LogP contribution in [0.2, 0.25) is 5.02 Å². The second-order valence-corrected chi connectivity index (χ2v) is 5.16. The minimum Gasteiger partial charge on any atom is -0.465 e. The van der Waals surface area contributed by atoms with Crippen LogP contribution in [0.3, 0.4) is 0 Å². The normalized spacial score (nSPS) is 11.8. The van der Waals surface area contributed by atoms with Crippen LogP contribution in [0.5, 0.6) is 0 Å². The highest BCUT2D eigenvalue weighted by Gasteiger charge is 2.10. The predicted molar refractivity (Wildman–Crippen MR) is 85.9 cm³/mol. The van der Waals surface area contributed by atoms with E-state index < -0.39 is 0 Å². The van der Waals surface area contributed by atoms with Gasteiger partial charge < -0.3 is 10.1 Å². The first kappa shape index (κ1) is 15.4. The van der Waals surface area contributed by atoms with Gasteiger partial charge >= 0.3 is 5.97 Å². The van der Waals surface area contributed by atoms with E-state index in [0.29, 0.717) is 5.56 Å². The van der Waals surface area contributed by atoms with Gasteiger partial charge in [0.25, 0.3) is 0 Å². The molecule has 0 aromatic heterocycles. The zero-order valence-electron chi connectivity index (χ0n) is 12.1. The summed E-state index contributed by atoms with van der Waals surface area (Å²) in [6, 6.07) is 15.3. The van der Waals surface area contributed by atoms with Gasteiger partial charge in [0.1, 0.15) is 0 Å². The molecule has 1 N–H and O–H groups in total. The van der Waals surface area contributed by atoms with Crippen LogP contribution in [0.1, 0.15) is 35.3 Å². The first-order chi connectivity index (χ1) is 10.1. The predicted octanol–water partition coefficient (Wildman–Crippen LogP) is 4.69. The lowest BCUT2D eigenvalue weighted by molar-refractivity contribution is 0.0601. The number of hydrogen-bond donors (Lipinski definition) is 1. The van der Waals surface area contributed by atoms with E-state index in [0.717, 1.165) is 17.1 Å². The van der Waals surface area contributed by atoms with Crippen molar-refractivity contribution in [3.05, 3.63) is 64.7 Å². The van der Waals surface area contributed by atoms with Crippen molar-refractivity contribution in [2.24, 2.45) is 0 Å². The van der Waals surface area contributed by atoms with E-state index >= 15 is 0 Å². The Kier molecular flexibility index (Phi) is 5.23.